The van der Waals surface area contributed by atoms with Gasteiger partial charge in [-0.25, -0.2) is 0 Å². The van der Waals surface area contributed by atoms with E-state index in [1.807, 2.05) is 12.4 Å². The molecule has 1 aromatic heterocycles. The molecule has 2 aromatic rings. The molecule has 0 spiro atoms. The van der Waals surface area contributed by atoms with Gasteiger partial charge in [0.2, 0.25) is 0 Å². The summed E-state index contributed by atoms with van der Waals surface area (Å²) >= 11 is 3.79. The largest absolute Gasteiger partial charge is 0.264 e. The molecule has 0 amide bonds. The number of rotatable bonds is 1. The number of benzene rings is 1. The zero-order valence-corrected chi connectivity index (χ0v) is 11.5. The Morgan fingerprint density at radius 2 is 2.12 bits per heavy atom. The van der Waals surface area contributed by atoms with E-state index in [1.165, 1.54) is 29.2 Å². The fourth-order valence-electron chi connectivity index (χ4n) is 3.02. The molecule has 3 unspecified atom stereocenters. The second-order valence-electron chi connectivity index (χ2n) is 5.00. The molecule has 17 heavy (non-hydrogen) atoms. The van der Waals surface area contributed by atoms with Crippen molar-refractivity contribution < 1.29 is 0 Å². The average Bonchev–Trinajstić information content (AvgIpc) is 2.69. The van der Waals surface area contributed by atoms with Crippen LogP contribution in [-0.2, 0) is 0 Å². The molecule has 88 valence electrons. The average molecular weight is 290 g/mol. The summed E-state index contributed by atoms with van der Waals surface area (Å²) in [5.74, 6) is 1.38. The maximum atomic E-state index is 4.28. The molecule has 1 heterocycles. The first-order chi connectivity index (χ1) is 8.27. The maximum Gasteiger partial charge on any atom is 0.0349 e. The van der Waals surface area contributed by atoms with E-state index in [0.717, 1.165) is 0 Å². The summed E-state index contributed by atoms with van der Waals surface area (Å²) in [6.45, 7) is 2.35. The number of hydrogen-bond donors (Lipinski definition) is 0. The lowest BCUT2D eigenvalue weighted by atomic mass is 9.87. The minimum atomic E-state index is 0.666. The fourth-order valence-corrected chi connectivity index (χ4v) is 3.65. The van der Waals surface area contributed by atoms with Gasteiger partial charge in [-0.05, 0) is 41.7 Å². The Bertz CT molecular complexity index is 532. The normalized spacial score (nSPS) is 28.7. The first-order valence-corrected chi connectivity index (χ1v) is 7.15. The first-order valence-electron chi connectivity index (χ1n) is 6.24. The quantitative estimate of drug-likeness (QED) is 0.704. The van der Waals surface area contributed by atoms with Crippen LogP contribution >= 0.6 is 15.9 Å². The van der Waals surface area contributed by atoms with Crippen molar-refractivity contribution in [1.29, 1.82) is 0 Å². The van der Waals surface area contributed by atoms with Crippen LogP contribution in [0.2, 0.25) is 0 Å². The topological polar surface area (TPSA) is 12.9 Å². The van der Waals surface area contributed by atoms with Gasteiger partial charge in [-0.3, -0.25) is 4.98 Å². The van der Waals surface area contributed by atoms with Gasteiger partial charge in [0.05, 0.1) is 0 Å². The molecule has 1 aromatic carbocycles. The molecule has 1 saturated carbocycles. The monoisotopic (exact) mass is 289 g/mol. The van der Waals surface area contributed by atoms with Crippen molar-refractivity contribution in [2.45, 2.75) is 30.5 Å². The Labute approximate surface area is 110 Å². The third-order valence-corrected chi connectivity index (χ3v) is 5.37. The molecule has 0 N–H and O–H groups in total. The van der Waals surface area contributed by atoms with E-state index in [0.29, 0.717) is 16.7 Å². The number of alkyl halides is 1. The standard InChI is InChI=1S/C15H16BrN/c1-10-12(5-6-15(10)16)13-4-2-3-11-7-8-17-9-14(11)13/h2-4,7-10,12,15H,5-6H2,1H3. The van der Waals surface area contributed by atoms with Crippen LogP contribution in [0.3, 0.4) is 0 Å². The Morgan fingerprint density at radius 3 is 2.88 bits per heavy atom. The summed E-state index contributed by atoms with van der Waals surface area (Å²) in [5.41, 5.74) is 1.48. The van der Waals surface area contributed by atoms with Crippen molar-refractivity contribution in [1.82, 2.24) is 4.98 Å². The van der Waals surface area contributed by atoms with Crippen molar-refractivity contribution in [2.24, 2.45) is 5.92 Å². The predicted octanol–water partition coefficient (Wildman–Crippen LogP) is 4.51. The van der Waals surface area contributed by atoms with Gasteiger partial charge in [-0.15, -0.1) is 0 Å². The van der Waals surface area contributed by atoms with Crippen LogP contribution in [0.5, 0.6) is 0 Å². The van der Waals surface area contributed by atoms with Crippen molar-refractivity contribution in [3.8, 4) is 0 Å². The van der Waals surface area contributed by atoms with E-state index in [9.17, 15) is 0 Å². The Balaban J connectivity index is 2.11. The zero-order valence-electron chi connectivity index (χ0n) is 9.94. The molecule has 3 rings (SSSR count). The van der Waals surface area contributed by atoms with Crippen LogP contribution < -0.4 is 0 Å². The Kier molecular flexibility index (Phi) is 2.91. The van der Waals surface area contributed by atoms with Crippen LogP contribution in [0.4, 0.5) is 0 Å². The van der Waals surface area contributed by atoms with Crippen LogP contribution in [0.15, 0.2) is 36.7 Å². The molecule has 3 atom stereocenters. The highest BCUT2D eigenvalue weighted by Crippen LogP contribution is 2.44. The second kappa shape index (κ2) is 4.41. The van der Waals surface area contributed by atoms with Crippen LogP contribution in [0.1, 0.15) is 31.2 Å². The number of pyridine rings is 1. The minimum absolute atomic E-state index is 0.666. The van der Waals surface area contributed by atoms with E-state index in [-0.39, 0.29) is 0 Å². The maximum absolute atomic E-state index is 4.28. The zero-order chi connectivity index (χ0) is 11.8. The van der Waals surface area contributed by atoms with Gasteiger partial charge in [-0.2, -0.15) is 0 Å². The number of fused-ring (bicyclic) bond motifs is 1. The third kappa shape index (κ3) is 1.89. The molecule has 0 aliphatic heterocycles. The van der Waals surface area contributed by atoms with Gasteiger partial charge in [0.15, 0.2) is 0 Å². The van der Waals surface area contributed by atoms with Crippen molar-refractivity contribution in [2.75, 3.05) is 0 Å². The molecule has 1 nitrogen and oxygen atoms in total. The van der Waals surface area contributed by atoms with Gasteiger partial charge in [0.25, 0.3) is 0 Å². The molecule has 2 heteroatoms. The lowest BCUT2D eigenvalue weighted by Gasteiger charge is -2.19. The van der Waals surface area contributed by atoms with Crippen molar-refractivity contribution in [3.05, 3.63) is 42.2 Å². The third-order valence-electron chi connectivity index (χ3n) is 4.08. The second-order valence-corrected chi connectivity index (χ2v) is 6.18. The molecule has 1 fully saturated rings. The summed E-state index contributed by atoms with van der Waals surface area (Å²) in [6.07, 6.45) is 6.45. The first kappa shape index (κ1) is 11.2. The van der Waals surface area contributed by atoms with Gasteiger partial charge < -0.3 is 0 Å². The molecular weight excluding hydrogens is 274 g/mol. The smallest absolute Gasteiger partial charge is 0.0349 e. The lowest BCUT2D eigenvalue weighted by molar-refractivity contribution is 0.548. The summed E-state index contributed by atoms with van der Waals surface area (Å²) in [7, 11) is 0. The van der Waals surface area contributed by atoms with Crippen molar-refractivity contribution in [3.63, 3.8) is 0 Å². The Morgan fingerprint density at radius 1 is 1.24 bits per heavy atom. The molecule has 1 aliphatic carbocycles. The fraction of sp³-hybridized carbons (Fsp3) is 0.400. The number of aromatic nitrogens is 1. The van der Waals surface area contributed by atoms with E-state index >= 15 is 0 Å². The van der Waals surface area contributed by atoms with Gasteiger partial charge in [0.1, 0.15) is 0 Å². The van der Waals surface area contributed by atoms with E-state index in [4.69, 9.17) is 0 Å². The minimum Gasteiger partial charge on any atom is -0.264 e. The Hall–Kier alpha value is -0.890. The molecule has 0 saturated heterocycles. The van der Waals surface area contributed by atoms with Gasteiger partial charge in [-0.1, -0.05) is 41.1 Å². The molecule has 0 radical (unpaired) electrons. The van der Waals surface area contributed by atoms with E-state index < -0.39 is 0 Å². The number of nitrogens with zero attached hydrogens (tertiary/aromatic N) is 1. The predicted molar refractivity (Wildman–Crippen MR) is 75.6 cm³/mol. The van der Waals surface area contributed by atoms with Crippen LogP contribution in [-0.4, -0.2) is 9.81 Å². The summed E-state index contributed by atoms with van der Waals surface area (Å²) in [5, 5.41) is 2.64. The summed E-state index contributed by atoms with van der Waals surface area (Å²) in [4.78, 5) is 4.94. The summed E-state index contributed by atoms with van der Waals surface area (Å²) < 4.78 is 0. The van der Waals surface area contributed by atoms with E-state index in [2.05, 4.69) is 52.1 Å². The van der Waals surface area contributed by atoms with Crippen LogP contribution in [0.25, 0.3) is 10.8 Å². The van der Waals surface area contributed by atoms with E-state index in [1.54, 1.807) is 0 Å². The highest BCUT2D eigenvalue weighted by atomic mass is 79.9. The van der Waals surface area contributed by atoms with Gasteiger partial charge in [0, 0.05) is 22.6 Å². The molecule has 0 bridgehead atoms. The lowest BCUT2D eigenvalue weighted by Crippen LogP contribution is -2.09. The SMILES string of the molecule is CC1C(Br)CCC1c1cccc2ccncc12. The highest BCUT2D eigenvalue weighted by Gasteiger charge is 2.32. The molecule has 1 aliphatic rings. The highest BCUT2D eigenvalue weighted by molar-refractivity contribution is 9.09. The number of halogens is 1. The number of hydrogen-bond acceptors (Lipinski definition) is 1. The van der Waals surface area contributed by atoms with Gasteiger partial charge >= 0.3 is 0 Å². The molecular formula is C15H16BrN. The van der Waals surface area contributed by atoms with Crippen molar-refractivity contribution >= 4 is 26.7 Å². The van der Waals surface area contributed by atoms with Crippen LogP contribution in [0, 0.1) is 5.92 Å². The summed E-state index contributed by atoms with van der Waals surface area (Å²) in [6, 6.07) is 8.72.